The molecule has 1 saturated carbocycles. The monoisotopic (exact) mass is 288 g/mol. The second kappa shape index (κ2) is 6.21. The molecule has 2 nitrogen and oxygen atoms in total. The van der Waals surface area contributed by atoms with Crippen molar-refractivity contribution in [1.82, 2.24) is 0 Å². The molecule has 21 heavy (non-hydrogen) atoms. The molecule has 1 aromatic rings. The minimum Gasteiger partial charge on any atom is -0.481 e. The molecule has 1 aromatic carbocycles. The van der Waals surface area contributed by atoms with Crippen molar-refractivity contribution in [3.63, 3.8) is 0 Å². The Kier molecular flexibility index (Phi) is 4.75. The van der Waals surface area contributed by atoms with Gasteiger partial charge in [0.15, 0.2) is 0 Å². The molecule has 0 aliphatic heterocycles. The van der Waals surface area contributed by atoms with Crippen LogP contribution in [0.25, 0.3) is 0 Å². The summed E-state index contributed by atoms with van der Waals surface area (Å²) < 4.78 is 0. The fraction of sp³-hybridized carbons (Fsp3) is 0.632. The largest absolute Gasteiger partial charge is 0.481 e. The summed E-state index contributed by atoms with van der Waals surface area (Å²) in [4.78, 5) is 11.9. The van der Waals surface area contributed by atoms with E-state index in [9.17, 15) is 9.90 Å². The number of hydrogen-bond donors (Lipinski definition) is 1. The van der Waals surface area contributed by atoms with Gasteiger partial charge in [0.05, 0.1) is 5.41 Å². The molecule has 1 aliphatic carbocycles. The molecule has 2 heteroatoms. The van der Waals surface area contributed by atoms with Crippen LogP contribution in [0.1, 0.15) is 58.4 Å². The molecule has 0 bridgehead atoms. The molecule has 1 N–H and O–H groups in total. The lowest BCUT2D eigenvalue weighted by Crippen LogP contribution is -2.38. The summed E-state index contributed by atoms with van der Waals surface area (Å²) in [6.07, 6.45) is 5.39. The third-order valence-corrected chi connectivity index (χ3v) is 5.36. The highest BCUT2D eigenvalue weighted by Crippen LogP contribution is 2.47. The van der Waals surface area contributed by atoms with Gasteiger partial charge >= 0.3 is 5.97 Å². The van der Waals surface area contributed by atoms with Gasteiger partial charge in [-0.05, 0) is 55.4 Å². The van der Waals surface area contributed by atoms with E-state index < -0.39 is 11.4 Å². The Morgan fingerprint density at radius 1 is 1.19 bits per heavy atom. The van der Waals surface area contributed by atoms with Crippen LogP contribution in [0, 0.1) is 16.7 Å². The lowest BCUT2D eigenvalue weighted by atomic mass is 9.62. The van der Waals surface area contributed by atoms with E-state index in [-0.39, 0.29) is 0 Å². The smallest absolute Gasteiger partial charge is 0.309 e. The van der Waals surface area contributed by atoms with E-state index in [1.807, 2.05) is 18.2 Å². The molecule has 0 saturated heterocycles. The summed E-state index contributed by atoms with van der Waals surface area (Å²) in [5.41, 5.74) is 1.04. The van der Waals surface area contributed by atoms with Crippen LogP contribution in [0.2, 0.25) is 0 Å². The van der Waals surface area contributed by atoms with E-state index in [4.69, 9.17) is 0 Å². The topological polar surface area (TPSA) is 37.3 Å². The van der Waals surface area contributed by atoms with E-state index in [2.05, 4.69) is 32.9 Å². The van der Waals surface area contributed by atoms with Gasteiger partial charge in [0, 0.05) is 0 Å². The van der Waals surface area contributed by atoms with Crippen molar-refractivity contribution >= 4 is 5.97 Å². The molecule has 2 rings (SSSR count). The van der Waals surface area contributed by atoms with E-state index in [1.54, 1.807) is 0 Å². The Morgan fingerprint density at radius 3 is 2.24 bits per heavy atom. The molecule has 1 fully saturated rings. The molecule has 0 heterocycles. The van der Waals surface area contributed by atoms with Crippen molar-refractivity contribution in [2.45, 2.75) is 59.3 Å². The lowest BCUT2D eigenvalue weighted by Gasteiger charge is -2.42. The van der Waals surface area contributed by atoms with Crippen LogP contribution >= 0.6 is 0 Å². The maximum absolute atomic E-state index is 11.9. The minimum absolute atomic E-state index is 0.296. The zero-order chi connectivity index (χ0) is 15.5. The molecule has 0 atom stereocenters. The number of carboxylic acid groups (broad SMARTS) is 1. The predicted octanol–water partition coefficient (Wildman–Crippen LogP) is 4.93. The Hall–Kier alpha value is -1.31. The Morgan fingerprint density at radius 2 is 1.76 bits per heavy atom. The van der Waals surface area contributed by atoms with E-state index in [0.717, 1.165) is 38.5 Å². The molecule has 0 spiro atoms. The molecule has 0 unspecified atom stereocenters. The van der Waals surface area contributed by atoms with E-state index >= 15 is 0 Å². The predicted molar refractivity (Wildman–Crippen MR) is 86.2 cm³/mol. The quantitative estimate of drug-likeness (QED) is 0.853. The number of carbonyl (C=O) groups is 1. The van der Waals surface area contributed by atoms with Gasteiger partial charge in [-0.15, -0.1) is 0 Å². The summed E-state index contributed by atoms with van der Waals surface area (Å²) in [6, 6.07) is 10.2. The first-order valence-corrected chi connectivity index (χ1v) is 8.11. The van der Waals surface area contributed by atoms with Crippen LogP contribution in [-0.4, -0.2) is 11.1 Å². The van der Waals surface area contributed by atoms with Crippen LogP contribution in [-0.2, 0) is 11.2 Å². The van der Waals surface area contributed by atoms with Crippen molar-refractivity contribution in [2.24, 2.45) is 16.7 Å². The summed E-state index contributed by atoms with van der Waals surface area (Å²) in [6.45, 7) is 6.82. The summed E-state index contributed by atoms with van der Waals surface area (Å²) in [7, 11) is 0. The summed E-state index contributed by atoms with van der Waals surface area (Å²) in [5.74, 6) is 0.0625. The fourth-order valence-electron chi connectivity index (χ4n) is 3.64. The van der Waals surface area contributed by atoms with Gasteiger partial charge in [0.1, 0.15) is 0 Å². The first-order chi connectivity index (χ1) is 9.83. The second-order valence-electron chi connectivity index (χ2n) is 7.71. The number of benzene rings is 1. The van der Waals surface area contributed by atoms with Gasteiger partial charge in [-0.25, -0.2) is 0 Å². The Balaban J connectivity index is 2.01. The molecule has 0 radical (unpaired) electrons. The summed E-state index contributed by atoms with van der Waals surface area (Å²) >= 11 is 0. The van der Waals surface area contributed by atoms with Crippen LogP contribution in [0.5, 0.6) is 0 Å². The Bertz CT molecular complexity index is 462. The minimum atomic E-state index is -0.592. The molecule has 0 amide bonds. The van der Waals surface area contributed by atoms with Gasteiger partial charge in [-0.1, -0.05) is 51.1 Å². The van der Waals surface area contributed by atoms with Crippen molar-refractivity contribution < 1.29 is 9.90 Å². The van der Waals surface area contributed by atoms with Gasteiger partial charge < -0.3 is 5.11 Å². The van der Waals surface area contributed by atoms with Crippen LogP contribution in [0.4, 0.5) is 0 Å². The van der Waals surface area contributed by atoms with Crippen LogP contribution < -0.4 is 0 Å². The van der Waals surface area contributed by atoms with Gasteiger partial charge in [-0.2, -0.15) is 0 Å². The number of rotatable bonds is 4. The lowest BCUT2D eigenvalue weighted by molar-refractivity contribution is -0.152. The average Bonchev–Trinajstić information content (AvgIpc) is 2.45. The number of aliphatic carboxylic acids is 1. The molecule has 1 aliphatic rings. The summed E-state index contributed by atoms with van der Waals surface area (Å²) in [5, 5.41) is 9.76. The third kappa shape index (κ3) is 3.87. The number of aryl methyl sites for hydroxylation is 1. The molecule has 0 aromatic heterocycles. The van der Waals surface area contributed by atoms with Gasteiger partial charge in [0.25, 0.3) is 0 Å². The van der Waals surface area contributed by atoms with Crippen molar-refractivity contribution in [3.8, 4) is 0 Å². The third-order valence-electron chi connectivity index (χ3n) is 5.36. The van der Waals surface area contributed by atoms with Crippen molar-refractivity contribution in [1.29, 1.82) is 0 Å². The highest BCUT2D eigenvalue weighted by Gasteiger charge is 2.43. The molecular formula is C19H28O2. The van der Waals surface area contributed by atoms with Crippen molar-refractivity contribution in [2.75, 3.05) is 0 Å². The van der Waals surface area contributed by atoms with Gasteiger partial charge in [-0.3, -0.25) is 4.79 Å². The van der Waals surface area contributed by atoms with E-state index in [1.165, 1.54) is 5.56 Å². The second-order valence-corrected chi connectivity index (χ2v) is 7.71. The zero-order valence-electron chi connectivity index (χ0n) is 13.6. The van der Waals surface area contributed by atoms with Crippen LogP contribution in [0.15, 0.2) is 30.3 Å². The maximum atomic E-state index is 11.9. The molecule has 116 valence electrons. The van der Waals surface area contributed by atoms with E-state index in [0.29, 0.717) is 11.3 Å². The van der Waals surface area contributed by atoms with Crippen LogP contribution in [0.3, 0.4) is 0 Å². The normalized spacial score (nSPS) is 26.5. The maximum Gasteiger partial charge on any atom is 0.309 e. The zero-order valence-corrected chi connectivity index (χ0v) is 13.6. The van der Waals surface area contributed by atoms with Gasteiger partial charge in [0.2, 0.25) is 0 Å². The number of carboxylic acids is 1. The highest BCUT2D eigenvalue weighted by atomic mass is 16.4. The standard InChI is InChI=1S/C19H28O2/c1-18(2,3)16-10-13-19(14-11-16,17(20)21)12-9-15-7-5-4-6-8-15/h4-8,16H,9-14H2,1-3H3,(H,20,21). The number of hydrogen-bond acceptors (Lipinski definition) is 1. The average molecular weight is 288 g/mol. The first kappa shape index (κ1) is 16.1. The van der Waals surface area contributed by atoms with Crippen molar-refractivity contribution in [3.05, 3.63) is 35.9 Å². The SMILES string of the molecule is CC(C)(C)C1CCC(CCc2ccccc2)(C(=O)O)CC1. The highest BCUT2D eigenvalue weighted by molar-refractivity contribution is 5.74. The Labute approximate surface area is 128 Å². The fourth-order valence-corrected chi connectivity index (χ4v) is 3.64. The first-order valence-electron chi connectivity index (χ1n) is 8.11. The molecular weight excluding hydrogens is 260 g/mol.